The van der Waals surface area contributed by atoms with E-state index in [0.717, 1.165) is 5.56 Å². The fourth-order valence-electron chi connectivity index (χ4n) is 2.20. The summed E-state index contributed by atoms with van der Waals surface area (Å²) < 4.78 is 1.21. The van der Waals surface area contributed by atoms with E-state index in [4.69, 9.17) is 10.8 Å². The van der Waals surface area contributed by atoms with E-state index >= 15 is 0 Å². The Morgan fingerprint density at radius 1 is 1.29 bits per heavy atom. The van der Waals surface area contributed by atoms with E-state index in [0.29, 0.717) is 11.1 Å². The van der Waals surface area contributed by atoms with Crippen molar-refractivity contribution in [2.45, 2.75) is 0 Å². The largest absolute Gasteiger partial charge is 0.508 e. The second kappa shape index (κ2) is 5.73. The van der Waals surface area contributed by atoms with Gasteiger partial charge in [0.15, 0.2) is 11.6 Å². The standard InChI is InChI=1S/C16H11N5O3/c17-6-10-5-14(21-8-13(16(23)24)15(18)20-21)19-7-12(10)9-1-3-11(22)4-2-9/h1-5,7-8,22H,(H2,18,20)(H,23,24). The molecule has 0 amide bonds. The summed E-state index contributed by atoms with van der Waals surface area (Å²) in [5, 5.41) is 31.6. The third kappa shape index (κ3) is 2.62. The lowest BCUT2D eigenvalue weighted by Gasteiger charge is -2.07. The molecule has 0 saturated carbocycles. The van der Waals surface area contributed by atoms with Gasteiger partial charge in [0, 0.05) is 24.0 Å². The zero-order valence-electron chi connectivity index (χ0n) is 12.2. The maximum Gasteiger partial charge on any atom is 0.341 e. The normalized spacial score (nSPS) is 10.3. The number of aromatic carboxylic acids is 1. The number of nitrogens with zero attached hydrogens (tertiary/aromatic N) is 4. The molecule has 24 heavy (non-hydrogen) atoms. The molecule has 0 aliphatic heterocycles. The molecule has 0 atom stereocenters. The quantitative estimate of drug-likeness (QED) is 0.668. The number of aromatic nitrogens is 3. The van der Waals surface area contributed by atoms with Crippen molar-refractivity contribution in [2.24, 2.45) is 0 Å². The van der Waals surface area contributed by atoms with Crippen LogP contribution in [-0.2, 0) is 0 Å². The lowest BCUT2D eigenvalue weighted by atomic mass is 10.0. The van der Waals surface area contributed by atoms with Gasteiger partial charge < -0.3 is 15.9 Å². The fourth-order valence-corrected chi connectivity index (χ4v) is 2.20. The fraction of sp³-hybridized carbons (Fsp3) is 0. The molecule has 0 aliphatic rings. The summed E-state index contributed by atoms with van der Waals surface area (Å²) in [6.45, 7) is 0. The van der Waals surface area contributed by atoms with Gasteiger partial charge in [-0.15, -0.1) is 5.10 Å². The molecule has 0 bridgehead atoms. The van der Waals surface area contributed by atoms with Crippen molar-refractivity contribution in [3.05, 3.63) is 53.9 Å². The highest BCUT2D eigenvalue weighted by molar-refractivity contribution is 5.92. The topological polar surface area (TPSA) is 138 Å². The highest BCUT2D eigenvalue weighted by atomic mass is 16.4. The lowest BCUT2D eigenvalue weighted by molar-refractivity contribution is 0.0698. The highest BCUT2D eigenvalue weighted by Gasteiger charge is 2.15. The summed E-state index contributed by atoms with van der Waals surface area (Å²) in [5.74, 6) is -0.936. The van der Waals surface area contributed by atoms with Crippen molar-refractivity contribution in [2.75, 3.05) is 5.73 Å². The van der Waals surface area contributed by atoms with Crippen molar-refractivity contribution < 1.29 is 15.0 Å². The zero-order valence-corrected chi connectivity index (χ0v) is 12.2. The van der Waals surface area contributed by atoms with Crippen LogP contribution in [0.5, 0.6) is 5.75 Å². The number of nitrogens with two attached hydrogens (primary N) is 1. The number of anilines is 1. The summed E-state index contributed by atoms with van der Waals surface area (Å²) in [7, 11) is 0. The van der Waals surface area contributed by atoms with E-state index in [2.05, 4.69) is 16.2 Å². The smallest absolute Gasteiger partial charge is 0.341 e. The number of aromatic hydroxyl groups is 1. The average molecular weight is 321 g/mol. The molecule has 1 aromatic carbocycles. The summed E-state index contributed by atoms with van der Waals surface area (Å²) in [6, 6.07) is 9.92. The Balaban J connectivity index is 2.07. The molecule has 3 rings (SSSR count). The number of pyridine rings is 1. The maximum absolute atomic E-state index is 11.0. The molecular weight excluding hydrogens is 310 g/mol. The van der Waals surface area contributed by atoms with Gasteiger partial charge in [-0.2, -0.15) is 5.26 Å². The van der Waals surface area contributed by atoms with E-state index in [9.17, 15) is 15.2 Å². The first-order valence-electron chi connectivity index (χ1n) is 6.78. The summed E-state index contributed by atoms with van der Waals surface area (Å²) in [6.07, 6.45) is 2.72. The van der Waals surface area contributed by atoms with Crippen LogP contribution in [0.4, 0.5) is 5.82 Å². The Bertz CT molecular complexity index is 970. The third-order valence-corrected chi connectivity index (χ3v) is 3.40. The van der Waals surface area contributed by atoms with Gasteiger partial charge in [-0.05, 0) is 17.7 Å². The van der Waals surface area contributed by atoms with Gasteiger partial charge in [-0.3, -0.25) is 0 Å². The van der Waals surface area contributed by atoms with Gasteiger partial charge in [0.25, 0.3) is 0 Å². The lowest BCUT2D eigenvalue weighted by Crippen LogP contribution is -2.00. The third-order valence-electron chi connectivity index (χ3n) is 3.40. The Kier molecular flexibility index (Phi) is 3.60. The first kappa shape index (κ1) is 15.1. The van der Waals surface area contributed by atoms with Crippen LogP contribution >= 0.6 is 0 Å². The second-order valence-corrected chi connectivity index (χ2v) is 4.92. The van der Waals surface area contributed by atoms with Gasteiger partial charge in [0.1, 0.15) is 11.3 Å². The van der Waals surface area contributed by atoms with Crippen LogP contribution in [0.3, 0.4) is 0 Å². The van der Waals surface area contributed by atoms with Crippen molar-refractivity contribution in [1.29, 1.82) is 5.26 Å². The van der Waals surface area contributed by atoms with Gasteiger partial charge in [-0.25, -0.2) is 14.5 Å². The predicted octanol–water partition coefficient (Wildman–Crippen LogP) is 1.79. The molecule has 2 aromatic heterocycles. The average Bonchev–Trinajstić information content (AvgIpc) is 2.97. The maximum atomic E-state index is 11.0. The number of carboxylic acid groups (broad SMARTS) is 1. The molecule has 0 radical (unpaired) electrons. The zero-order chi connectivity index (χ0) is 17.3. The second-order valence-electron chi connectivity index (χ2n) is 4.92. The molecular formula is C16H11N5O3. The molecule has 0 spiro atoms. The van der Waals surface area contributed by atoms with E-state index in [1.807, 2.05) is 0 Å². The molecule has 2 heterocycles. The number of carbonyl (C=O) groups is 1. The molecule has 0 unspecified atom stereocenters. The monoisotopic (exact) mass is 321 g/mol. The molecule has 0 saturated heterocycles. The molecule has 4 N–H and O–H groups in total. The van der Waals surface area contributed by atoms with Crippen molar-refractivity contribution in [1.82, 2.24) is 14.8 Å². The number of carboxylic acids is 1. The number of nitrogen functional groups attached to an aromatic ring is 1. The van der Waals surface area contributed by atoms with Crippen LogP contribution in [0.25, 0.3) is 16.9 Å². The minimum atomic E-state index is -1.19. The van der Waals surface area contributed by atoms with E-state index < -0.39 is 5.97 Å². The number of phenolic OH excluding ortho intramolecular Hbond substituents is 1. The molecule has 0 aliphatic carbocycles. The van der Waals surface area contributed by atoms with E-state index in [1.54, 1.807) is 12.1 Å². The van der Waals surface area contributed by atoms with Crippen LogP contribution in [-0.4, -0.2) is 30.9 Å². The van der Waals surface area contributed by atoms with Gasteiger partial charge in [0.2, 0.25) is 0 Å². The van der Waals surface area contributed by atoms with E-state index in [-0.39, 0.29) is 22.9 Å². The Labute approximate surface area is 136 Å². The van der Waals surface area contributed by atoms with Gasteiger partial charge >= 0.3 is 5.97 Å². The first-order valence-corrected chi connectivity index (χ1v) is 6.78. The predicted molar refractivity (Wildman–Crippen MR) is 84.5 cm³/mol. The number of hydrogen-bond acceptors (Lipinski definition) is 6. The van der Waals surface area contributed by atoms with Crippen LogP contribution in [0.15, 0.2) is 42.7 Å². The molecule has 0 fully saturated rings. The van der Waals surface area contributed by atoms with E-state index in [1.165, 1.54) is 35.3 Å². The molecule has 118 valence electrons. The number of rotatable bonds is 3. The van der Waals surface area contributed by atoms with Crippen molar-refractivity contribution in [3.63, 3.8) is 0 Å². The number of hydrogen-bond donors (Lipinski definition) is 3. The molecule has 8 nitrogen and oxygen atoms in total. The molecule has 3 aromatic rings. The van der Waals surface area contributed by atoms with Crippen LogP contribution in [0.2, 0.25) is 0 Å². The summed E-state index contributed by atoms with van der Waals surface area (Å²) in [5.41, 5.74) is 7.05. The Morgan fingerprint density at radius 3 is 2.58 bits per heavy atom. The van der Waals surface area contributed by atoms with Crippen molar-refractivity contribution >= 4 is 11.8 Å². The number of nitriles is 1. The summed E-state index contributed by atoms with van der Waals surface area (Å²) >= 11 is 0. The van der Waals surface area contributed by atoms with Crippen LogP contribution in [0.1, 0.15) is 15.9 Å². The Hall–Kier alpha value is -3.86. The van der Waals surface area contributed by atoms with Crippen LogP contribution < -0.4 is 5.73 Å². The minimum Gasteiger partial charge on any atom is -0.508 e. The number of phenols is 1. The summed E-state index contributed by atoms with van der Waals surface area (Å²) in [4.78, 5) is 15.2. The van der Waals surface area contributed by atoms with Crippen molar-refractivity contribution in [3.8, 4) is 28.8 Å². The number of benzene rings is 1. The Morgan fingerprint density at radius 2 is 2.00 bits per heavy atom. The van der Waals surface area contributed by atoms with Gasteiger partial charge in [-0.1, -0.05) is 12.1 Å². The van der Waals surface area contributed by atoms with Crippen LogP contribution in [0, 0.1) is 11.3 Å². The SMILES string of the molecule is N#Cc1cc(-n2cc(C(=O)O)c(N)n2)ncc1-c1ccc(O)cc1. The minimum absolute atomic E-state index is 0.120. The molecule has 8 heteroatoms. The first-order chi connectivity index (χ1) is 11.5. The van der Waals surface area contributed by atoms with Gasteiger partial charge in [0.05, 0.1) is 11.6 Å². The highest BCUT2D eigenvalue weighted by Crippen LogP contribution is 2.26.